The van der Waals surface area contributed by atoms with Crippen LogP contribution in [0, 0.1) is 0 Å². The van der Waals surface area contributed by atoms with Crippen LogP contribution in [-0.2, 0) is 9.53 Å². The van der Waals surface area contributed by atoms with Crippen LogP contribution in [0.2, 0.25) is 0 Å². The maximum atomic E-state index is 12.6. The molecule has 1 N–H and O–H groups in total. The summed E-state index contributed by atoms with van der Waals surface area (Å²) in [7, 11) is 0. The maximum absolute atomic E-state index is 12.6. The van der Waals surface area contributed by atoms with Gasteiger partial charge in [0.1, 0.15) is 10.9 Å². The fraction of sp³-hybridized carbons (Fsp3) is 0.615. The van der Waals surface area contributed by atoms with E-state index in [1.165, 1.54) is 11.3 Å². The second-order valence-corrected chi connectivity index (χ2v) is 6.58. The number of nitrogens with zero attached hydrogens (tertiary/aromatic N) is 2. The van der Waals surface area contributed by atoms with Gasteiger partial charge in [0.25, 0.3) is 5.91 Å². The zero-order valence-electron chi connectivity index (χ0n) is 12.1. The number of thioether (sulfide) groups is 1. The molecule has 1 atom stereocenters. The molecule has 1 unspecified atom stereocenters. The Hall–Kier alpha value is -1.28. The molecule has 1 saturated heterocycles. The fourth-order valence-corrected chi connectivity index (χ4v) is 3.90. The summed E-state index contributed by atoms with van der Waals surface area (Å²) in [5, 5.41) is 3.80. The largest absolute Gasteiger partial charge is 0.464 e. The molecule has 0 aliphatic carbocycles. The van der Waals surface area contributed by atoms with Gasteiger partial charge < -0.3 is 15.0 Å². The van der Waals surface area contributed by atoms with Gasteiger partial charge in [0.05, 0.1) is 12.8 Å². The minimum Gasteiger partial charge on any atom is -0.464 e. The number of thiazole rings is 1. The molecule has 6 nitrogen and oxygen atoms in total. The monoisotopic (exact) mass is 329 g/mol. The SMILES string of the molecule is CCNc1ncc(C(=O)N2CCSCC2C(=O)OCC)s1. The van der Waals surface area contributed by atoms with Gasteiger partial charge in [-0.2, -0.15) is 11.8 Å². The molecule has 0 aromatic carbocycles. The fourth-order valence-electron chi connectivity index (χ4n) is 2.03. The Labute approximate surface area is 132 Å². The molecule has 0 saturated carbocycles. The van der Waals surface area contributed by atoms with Gasteiger partial charge in [-0.1, -0.05) is 11.3 Å². The smallest absolute Gasteiger partial charge is 0.329 e. The van der Waals surface area contributed by atoms with Crippen molar-refractivity contribution in [3.63, 3.8) is 0 Å². The number of aromatic nitrogens is 1. The predicted molar refractivity (Wildman–Crippen MR) is 85.1 cm³/mol. The van der Waals surface area contributed by atoms with Gasteiger partial charge in [0, 0.05) is 24.6 Å². The van der Waals surface area contributed by atoms with E-state index in [0.29, 0.717) is 23.8 Å². The molecule has 1 aliphatic heterocycles. The van der Waals surface area contributed by atoms with Crippen molar-refractivity contribution in [1.29, 1.82) is 0 Å². The summed E-state index contributed by atoms with van der Waals surface area (Å²) in [6.07, 6.45) is 1.56. The van der Waals surface area contributed by atoms with Crippen molar-refractivity contribution in [3.05, 3.63) is 11.1 Å². The summed E-state index contributed by atoms with van der Waals surface area (Å²) >= 11 is 2.98. The number of ether oxygens (including phenoxy) is 1. The van der Waals surface area contributed by atoms with E-state index in [0.717, 1.165) is 17.4 Å². The maximum Gasteiger partial charge on any atom is 0.329 e. The van der Waals surface area contributed by atoms with Crippen molar-refractivity contribution in [2.75, 3.05) is 36.5 Å². The highest BCUT2D eigenvalue weighted by Gasteiger charge is 2.34. The minimum atomic E-state index is -0.499. The molecular formula is C13H19N3O3S2. The Balaban J connectivity index is 2.12. The van der Waals surface area contributed by atoms with Gasteiger partial charge in [0.2, 0.25) is 0 Å². The van der Waals surface area contributed by atoms with Crippen LogP contribution < -0.4 is 5.32 Å². The van der Waals surface area contributed by atoms with E-state index in [4.69, 9.17) is 4.74 Å². The summed E-state index contributed by atoms with van der Waals surface area (Å²) < 4.78 is 5.07. The number of carbonyl (C=O) groups is 2. The first-order chi connectivity index (χ1) is 10.2. The Morgan fingerprint density at radius 1 is 1.52 bits per heavy atom. The Bertz CT molecular complexity index is 507. The van der Waals surface area contributed by atoms with E-state index >= 15 is 0 Å². The molecule has 1 aromatic heterocycles. The predicted octanol–water partition coefficient (Wildman–Crippen LogP) is 1.70. The number of anilines is 1. The zero-order valence-corrected chi connectivity index (χ0v) is 13.8. The van der Waals surface area contributed by atoms with Gasteiger partial charge in [-0.3, -0.25) is 4.79 Å². The second kappa shape index (κ2) is 7.65. The average Bonchev–Trinajstić information content (AvgIpc) is 2.96. The first-order valence-corrected chi connectivity index (χ1v) is 8.89. The molecule has 1 aliphatic rings. The summed E-state index contributed by atoms with van der Waals surface area (Å²) in [6.45, 7) is 5.38. The van der Waals surface area contributed by atoms with Crippen molar-refractivity contribution < 1.29 is 14.3 Å². The Morgan fingerprint density at radius 3 is 3.05 bits per heavy atom. The first kappa shape index (κ1) is 16.1. The highest BCUT2D eigenvalue weighted by molar-refractivity contribution is 7.99. The highest BCUT2D eigenvalue weighted by Crippen LogP contribution is 2.24. The molecule has 21 heavy (non-hydrogen) atoms. The van der Waals surface area contributed by atoms with Crippen molar-refractivity contribution in [1.82, 2.24) is 9.88 Å². The lowest BCUT2D eigenvalue weighted by molar-refractivity contribution is -0.147. The molecule has 1 amide bonds. The third kappa shape index (κ3) is 3.88. The number of amides is 1. The second-order valence-electron chi connectivity index (χ2n) is 4.40. The molecule has 1 aromatic rings. The summed E-state index contributed by atoms with van der Waals surface area (Å²) in [4.78, 5) is 30.9. The van der Waals surface area contributed by atoms with Gasteiger partial charge >= 0.3 is 5.97 Å². The summed E-state index contributed by atoms with van der Waals surface area (Å²) in [5.41, 5.74) is 0. The lowest BCUT2D eigenvalue weighted by Gasteiger charge is -2.33. The van der Waals surface area contributed by atoms with E-state index in [2.05, 4.69) is 10.3 Å². The first-order valence-electron chi connectivity index (χ1n) is 6.92. The van der Waals surface area contributed by atoms with Crippen LogP contribution in [0.3, 0.4) is 0 Å². The van der Waals surface area contributed by atoms with E-state index in [9.17, 15) is 9.59 Å². The van der Waals surface area contributed by atoms with Crippen LogP contribution in [0.1, 0.15) is 23.5 Å². The standard InChI is InChI=1S/C13H19N3O3S2/c1-3-14-13-15-7-10(21-13)11(17)16-5-6-20-8-9(16)12(18)19-4-2/h7,9H,3-6,8H2,1-2H3,(H,14,15). The van der Waals surface area contributed by atoms with E-state index in [1.54, 1.807) is 29.8 Å². The van der Waals surface area contributed by atoms with Gasteiger partial charge in [-0.15, -0.1) is 0 Å². The van der Waals surface area contributed by atoms with E-state index in [1.807, 2.05) is 6.92 Å². The number of hydrogen-bond acceptors (Lipinski definition) is 7. The number of hydrogen-bond donors (Lipinski definition) is 1. The van der Waals surface area contributed by atoms with Crippen LogP contribution in [0.25, 0.3) is 0 Å². The van der Waals surface area contributed by atoms with Crippen molar-refractivity contribution in [2.45, 2.75) is 19.9 Å². The zero-order chi connectivity index (χ0) is 15.2. The van der Waals surface area contributed by atoms with Gasteiger partial charge in [-0.25, -0.2) is 9.78 Å². The van der Waals surface area contributed by atoms with Crippen molar-refractivity contribution >= 4 is 40.1 Å². The number of nitrogens with one attached hydrogen (secondary N) is 1. The van der Waals surface area contributed by atoms with Crippen molar-refractivity contribution in [2.24, 2.45) is 0 Å². The molecule has 2 heterocycles. The van der Waals surface area contributed by atoms with Crippen LogP contribution in [-0.4, -0.2) is 59.0 Å². The van der Waals surface area contributed by atoms with Gasteiger partial charge in [-0.05, 0) is 13.8 Å². The topological polar surface area (TPSA) is 71.5 Å². The molecular weight excluding hydrogens is 310 g/mol. The Morgan fingerprint density at radius 2 is 2.33 bits per heavy atom. The molecule has 0 bridgehead atoms. The quantitative estimate of drug-likeness (QED) is 0.829. The normalized spacial score (nSPS) is 18.4. The van der Waals surface area contributed by atoms with Crippen LogP contribution in [0.15, 0.2) is 6.20 Å². The third-order valence-electron chi connectivity index (χ3n) is 2.99. The number of carbonyl (C=O) groups excluding carboxylic acids is 2. The average molecular weight is 329 g/mol. The third-order valence-corrected chi connectivity index (χ3v) is 4.96. The summed E-state index contributed by atoms with van der Waals surface area (Å²) in [6, 6.07) is -0.499. The van der Waals surface area contributed by atoms with Crippen molar-refractivity contribution in [3.8, 4) is 0 Å². The van der Waals surface area contributed by atoms with E-state index < -0.39 is 6.04 Å². The lowest BCUT2D eigenvalue weighted by Crippen LogP contribution is -2.50. The Kier molecular flexibility index (Phi) is 5.86. The molecule has 116 valence electrons. The highest BCUT2D eigenvalue weighted by atomic mass is 32.2. The van der Waals surface area contributed by atoms with Crippen LogP contribution in [0.5, 0.6) is 0 Å². The van der Waals surface area contributed by atoms with Gasteiger partial charge in [0.15, 0.2) is 5.13 Å². The minimum absolute atomic E-state index is 0.144. The molecule has 0 radical (unpaired) electrons. The number of esters is 1. The number of rotatable bonds is 5. The molecule has 1 fully saturated rings. The molecule has 0 spiro atoms. The van der Waals surface area contributed by atoms with E-state index in [-0.39, 0.29) is 11.9 Å². The van der Waals surface area contributed by atoms with Crippen LogP contribution in [0.4, 0.5) is 5.13 Å². The lowest BCUT2D eigenvalue weighted by atomic mass is 10.2. The summed E-state index contributed by atoms with van der Waals surface area (Å²) in [5.74, 6) is 0.953. The molecule has 8 heteroatoms. The van der Waals surface area contributed by atoms with Crippen LogP contribution >= 0.6 is 23.1 Å². The molecule has 2 rings (SSSR count).